The van der Waals surface area contributed by atoms with Crippen LogP contribution in [-0.2, 0) is 17.8 Å². The molecule has 1 unspecified atom stereocenters. The van der Waals surface area contributed by atoms with Crippen LogP contribution in [-0.4, -0.2) is 14.2 Å². The number of benzene rings is 1. The molecule has 1 N–H and O–H groups in total. The fraction of sp³-hybridized carbons (Fsp3) is 0.333. The summed E-state index contributed by atoms with van der Waals surface area (Å²) in [7, 11) is 3.33. The second-order valence-corrected chi connectivity index (χ2v) is 4.50. The maximum atomic E-state index is 13.7. The van der Waals surface area contributed by atoms with E-state index in [4.69, 9.17) is 9.15 Å². The van der Waals surface area contributed by atoms with Crippen LogP contribution in [0.25, 0.3) is 0 Å². The number of hydrogen-bond acceptors (Lipinski definition) is 3. The highest BCUT2D eigenvalue weighted by Gasteiger charge is 2.17. The molecule has 0 aliphatic rings. The first-order valence-electron chi connectivity index (χ1n) is 6.33. The van der Waals surface area contributed by atoms with Gasteiger partial charge in [0.25, 0.3) is 0 Å². The van der Waals surface area contributed by atoms with E-state index < -0.39 is 11.6 Å². The zero-order valence-corrected chi connectivity index (χ0v) is 11.5. The van der Waals surface area contributed by atoms with E-state index in [1.54, 1.807) is 20.2 Å². The second kappa shape index (κ2) is 6.63. The van der Waals surface area contributed by atoms with Crippen molar-refractivity contribution in [3.8, 4) is 0 Å². The number of halogens is 2. The Bertz CT molecular complexity index is 569. The van der Waals surface area contributed by atoms with E-state index in [-0.39, 0.29) is 6.04 Å². The predicted molar refractivity (Wildman–Crippen MR) is 71.3 cm³/mol. The number of rotatable bonds is 6. The number of furan rings is 1. The van der Waals surface area contributed by atoms with Gasteiger partial charge in [-0.05, 0) is 37.2 Å². The molecule has 0 radical (unpaired) electrons. The maximum Gasteiger partial charge on any atom is 0.162 e. The van der Waals surface area contributed by atoms with E-state index in [1.165, 1.54) is 6.07 Å². The van der Waals surface area contributed by atoms with Gasteiger partial charge in [0.05, 0.1) is 6.04 Å². The summed E-state index contributed by atoms with van der Waals surface area (Å²) in [5, 5.41) is 3.05. The van der Waals surface area contributed by atoms with E-state index in [0.717, 1.165) is 6.07 Å². The van der Waals surface area contributed by atoms with Crippen molar-refractivity contribution in [1.29, 1.82) is 0 Å². The van der Waals surface area contributed by atoms with E-state index in [1.807, 2.05) is 12.1 Å². The summed E-state index contributed by atoms with van der Waals surface area (Å²) in [6.45, 7) is 0.380. The summed E-state index contributed by atoms with van der Waals surface area (Å²) in [4.78, 5) is 0. The molecule has 2 aromatic rings. The first-order valence-corrected chi connectivity index (χ1v) is 6.33. The van der Waals surface area contributed by atoms with Gasteiger partial charge < -0.3 is 14.5 Å². The van der Waals surface area contributed by atoms with E-state index >= 15 is 0 Å². The van der Waals surface area contributed by atoms with Crippen LogP contribution in [0.2, 0.25) is 0 Å². The highest BCUT2D eigenvalue weighted by Crippen LogP contribution is 2.23. The molecule has 0 aliphatic carbocycles. The molecule has 5 heteroatoms. The Morgan fingerprint density at radius 3 is 2.75 bits per heavy atom. The molecule has 1 atom stereocenters. The van der Waals surface area contributed by atoms with Gasteiger partial charge in [-0.15, -0.1) is 0 Å². The zero-order valence-electron chi connectivity index (χ0n) is 11.5. The monoisotopic (exact) mass is 281 g/mol. The number of likely N-dealkylation sites (N-methyl/N-ethyl adjacent to an activating group) is 1. The molecule has 2 rings (SSSR count). The average molecular weight is 281 g/mol. The molecular weight excluding hydrogens is 264 g/mol. The molecule has 1 aromatic carbocycles. The standard InChI is InChI=1S/C15H17F2NO2/c1-18-13(14-7-6-11(20-14)9-19-2)8-10-4-3-5-12(16)15(10)17/h3-7,13,18H,8-9H2,1-2H3. The molecule has 1 aromatic heterocycles. The summed E-state index contributed by atoms with van der Waals surface area (Å²) < 4.78 is 37.5. The van der Waals surface area contributed by atoms with E-state index in [9.17, 15) is 8.78 Å². The van der Waals surface area contributed by atoms with Crippen LogP contribution in [0.3, 0.4) is 0 Å². The fourth-order valence-corrected chi connectivity index (χ4v) is 2.07. The average Bonchev–Trinajstić information content (AvgIpc) is 2.89. The van der Waals surface area contributed by atoms with Crippen LogP contribution in [0.15, 0.2) is 34.7 Å². The van der Waals surface area contributed by atoms with Crippen LogP contribution in [0.1, 0.15) is 23.1 Å². The maximum absolute atomic E-state index is 13.7. The van der Waals surface area contributed by atoms with Gasteiger partial charge >= 0.3 is 0 Å². The van der Waals surface area contributed by atoms with E-state index in [2.05, 4.69) is 5.32 Å². The molecule has 0 bridgehead atoms. The van der Waals surface area contributed by atoms with Gasteiger partial charge in [-0.1, -0.05) is 12.1 Å². The molecule has 0 aliphatic heterocycles. The van der Waals surface area contributed by atoms with E-state index in [0.29, 0.717) is 30.1 Å². The van der Waals surface area contributed by atoms with Crippen molar-refractivity contribution in [3.05, 3.63) is 59.1 Å². The van der Waals surface area contributed by atoms with Crippen molar-refractivity contribution in [2.24, 2.45) is 0 Å². The lowest BCUT2D eigenvalue weighted by Crippen LogP contribution is -2.19. The van der Waals surface area contributed by atoms with Crippen LogP contribution in [0, 0.1) is 11.6 Å². The third-order valence-electron chi connectivity index (χ3n) is 3.12. The molecule has 0 saturated carbocycles. The van der Waals surface area contributed by atoms with Crippen LogP contribution in [0.4, 0.5) is 8.78 Å². The molecule has 1 heterocycles. The van der Waals surface area contributed by atoms with Crippen LogP contribution in [0.5, 0.6) is 0 Å². The highest BCUT2D eigenvalue weighted by molar-refractivity contribution is 5.22. The van der Waals surface area contributed by atoms with Crippen molar-refractivity contribution >= 4 is 0 Å². The normalized spacial score (nSPS) is 12.6. The molecule has 0 fully saturated rings. The topological polar surface area (TPSA) is 34.4 Å². The smallest absolute Gasteiger partial charge is 0.162 e. The minimum atomic E-state index is -0.836. The minimum Gasteiger partial charge on any atom is -0.462 e. The summed E-state index contributed by atoms with van der Waals surface area (Å²) in [5.41, 5.74) is 0.314. The SMILES string of the molecule is CNC(Cc1cccc(F)c1F)c1ccc(COC)o1. The Morgan fingerprint density at radius 1 is 1.25 bits per heavy atom. The predicted octanol–water partition coefficient (Wildman–Crippen LogP) is 3.21. The quantitative estimate of drug-likeness (QED) is 0.883. The Labute approximate surface area is 116 Å². The summed E-state index contributed by atoms with van der Waals surface area (Å²) in [5.74, 6) is -0.279. The first-order chi connectivity index (χ1) is 9.65. The minimum absolute atomic E-state index is 0.225. The summed E-state index contributed by atoms with van der Waals surface area (Å²) in [6.07, 6.45) is 0.306. The van der Waals surface area contributed by atoms with Gasteiger partial charge in [0, 0.05) is 7.11 Å². The van der Waals surface area contributed by atoms with Crippen molar-refractivity contribution in [1.82, 2.24) is 5.32 Å². The molecule has 20 heavy (non-hydrogen) atoms. The Hall–Kier alpha value is -1.72. The van der Waals surface area contributed by atoms with Gasteiger partial charge in [-0.25, -0.2) is 8.78 Å². The van der Waals surface area contributed by atoms with Gasteiger partial charge in [0.1, 0.15) is 18.1 Å². The number of nitrogens with one attached hydrogen (secondary N) is 1. The molecule has 0 amide bonds. The summed E-state index contributed by atoms with van der Waals surface area (Å²) in [6, 6.07) is 7.58. The summed E-state index contributed by atoms with van der Waals surface area (Å²) >= 11 is 0. The Kier molecular flexibility index (Phi) is 4.87. The lowest BCUT2D eigenvalue weighted by molar-refractivity contribution is 0.161. The van der Waals surface area contributed by atoms with Crippen molar-refractivity contribution in [3.63, 3.8) is 0 Å². The van der Waals surface area contributed by atoms with Crippen molar-refractivity contribution < 1.29 is 17.9 Å². The van der Waals surface area contributed by atoms with Gasteiger partial charge in [-0.2, -0.15) is 0 Å². The third kappa shape index (κ3) is 3.23. The Balaban J connectivity index is 2.17. The largest absolute Gasteiger partial charge is 0.462 e. The highest BCUT2D eigenvalue weighted by atomic mass is 19.2. The molecule has 3 nitrogen and oxygen atoms in total. The molecule has 0 saturated heterocycles. The number of ether oxygens (including phenoxy) is 1. The fourth-order valence-electron chi connectivity index (χ4n) is 2.07. The molecule has 0 spiro atoms. The lowest BCUT2D eigenvalue weighted by Gasteiger charge is -2.14. The van der Waals surface area contributed by atoms with Gasteiger partial charge in [0.15, 0.2) is 11.6 Å². The molecular formula is C15H17F2NO2. The lowest BCUT2D eigenvalue weighted by atomic mass is 10.0. The number of hydrogen-bond donors (Lipinski definition) is 1. The zero-order chi connectivity index (χ0) is 14.5. The first kappa shape index (κ1) is 14.7. The van der Waals surface area contributed by atoms with Crippen LogP contribution < -0.4 is 5.32 Å². The van der Waals surface area contributed by atoms with Gasteiger partial charge in [-0.3, -0.25) is 0 Å². The molecule has 108 valence electrons. The third-order valence-corrected chi connectivity index (χ3v) is 3.12. The Morgan fingerprint density at radius 2 is 2.05 bits per heavy atom. The van der Waals surface area contributed by atoms with Crippen molar-refractivity contribution in [2.75, 3.05) is 14.2 Å². The van der Waals surface area contributed by atoms with Crippen LogP contribution >= 0.6 is 0 Å². The number of methoxy groups -OCH3 is 1. The second-order valence-electron chi connectivity index (χ2n) is 4.50. The van der Waals surface area contributed by atoms with Crippen molar-refractivity contribution in [2.45, 2.75) is 19.1 Å². The van der Waals surface area contributed by atoms with Gasteiger partial charge in [0.2, 0.25) is 0 Å².